The molecule has 1 spiro atoms. The fourth-order valence-electron chi connectivity index (χ4n) is 7.58. The Bertz CT molecular complexity index is 1350. The lowest BCUT2D eigenvalue weighted by Crippen LogP contribution is -2.50. The lowest BCUT2D eigenvalue weighted by Gasteiger charge is -2.47. The molecule has 0 saturated heterocycles. The number of esters is 1. The van der Waals surface area contributed by atoms with E-state index >= 15 is 0 Å². The van der Waals surface area contributed by atoms with E-state index in [1.807, 2.05) is 52.1 Å². The zero-order valence-electron chi connectivity index (χ0n) is 25.5. The van der Waals surface area contributed by atoms with Crippen molar-refractivity contribution in [3.8, 4) is 5.75 Å². The maximum absolute atomic E-state index is 13.2. The van der Waals surface area contributed by atoms with E-state index in [9.17, 15) is 4.79 Å². The number of fused-ring (bicyclic) bond motifs is 3. The molecule has 2 heterocycles. The fraction of sp³-hybridized carbons (Fsp3) is 0.571. The number of benzene rings is 2. The number of methoxy groups -OCH3 is 1. The summed E-state index contributed by atoms with van der Waals surface area (Å²) in [6, 6.07) is 12.2. The summed E-state index contributed by atoms with van der Waals surface area (Å²) < 4.78 is 18.6. The second-order valence-electron chi connectivity index (χ2n) is 13.7. The quantitative estimate of drug-likeness (QED) is 0.296. The largest absolute Gasteiger partial charge is 0.490 e. The van der Waals surface area contributed by atoms with E-state index < -0.39 is 5.60 Å². The topological polar surface area (TPSA) is 60.0 Å². The number of carbonyl (C=O) groups is 1. The third-order valence-electron chi connectivity index (χ3n) is 9.71. The molecule has 226 valence electrons. The van der Waals surface area contributed by atoms with Crippen molar-refractivity contribution in [2.45, 2.75) is 76.4 Å². The summed E-state index contributed by atoms with van der Waals surface area (Å²) in [5, 5.41) is 4.23. The number of rotatable bonds is 6. The third kappa shape index (κ3) is 5.95. The first-order valence-electron chi connectivity index (χ1n) is 15.6. The second-order valence-corrected chi connectivity index (χ2v) is 14.1. The molecule has 6 nitrogen and oxygen atoms in total. The van der Waals surface area contributed by atoms with Gasteiger partial charge in [-0.15, -0.1) is 0 Å². The highest BCUT2D eigenvalue weighted by Crippen LogP contribution is 2.47. The molecule has 1 N–H and O–H groups in total. The lowest BCUT2D eigenvalue weighted by molar-refractivity contribution is 0.00395. The van der Waals surface area contributed by atoms with E-state index in [4.69, 9.17) is 25.8 Å². The smallest absolute Gasteiger partial charge is 0.338 e. The van der Waals surface area contributed by atoms with Gasteiger partial charge in [-0.1, -0.05) is 23.7 Å². The average Bonchev–Trinajstić information content (AvgIpc) is 3.10. The van der Waals surface area contributed by atoms with Gasteiger partial charge in [0.1, 0.15) is 11.4 Å². The first kappa shape index (κ1) is 29.5. The highest BCUT2D eigenvalue weighted by atomic mass is 35.5. The summed E-state index contributed by atoms with van der Waals surface area (Å²) in [7, 11) is 1.87. The number of halogens is 1. The van der Waals surface area contributed by atoms with Gasteiger partial charge in [0.15, 0.2) is 0 Å². The summed E-state index contributed by atoms with van der Waals surface area (Å²) in [4.78, 5) is 15.7. The number of hydrogen-bond donors (Lipinski definition) is 1. The van der Waals surface area contributed by atoms with Crippen molar-refractivity contribution in [2.24, 2.45) is 11.8 Å². The van der Waals surface area contributed by atoms with Crippen LogP contribution in [0.3, 0.4) is 0 Å². The molecular formula is C35H45ClN2O4. The summed E-state index contributed by atoms with van der Waals surface area (Å²) in [5.74, 6) is 1.50. The van der Waals surface area contributed by atoms with Gasteiger partial charge in [-0.3, -0.25) is 0 Å². The van der Waals surface area contributed by atoms with Crippen LogP contribution in [0.15, 0.2) is 48.0 Å². The van der Waals surface area contributed by atoms with E-state index in [1.165, 1.54) is 29.5 Å². The molecule has 0 radical (unpaired) electrons. The Hall–Kier alpha value is -2.54. The highest BCUT2D eigenvalue weighted by Gasteiger charge is 2.45. The van der Waals surface area contributed by atoms with Gasteiger partial charge in [0.2, 0.25) is 0 Å². The molecule has 2 aromatic rings. The molecular weight excluding hydrogens is 548 g/mol. The minimum Gasteiger partial charge on any atom is -0.490 e. The van der Waals surface area contributed by atoms with Crippen molar-refractivity contribution >= 4 is 23.3 Å². The minimum absolute atomic E-state index is 0.152. The van der Waals surface area contributed by atoms with Gasteiger partial charge in [-0.25, -0.2) is 4.79 Å². The van der Waals surface area contributed by atoms with Gasteiger partial charge in [-0.2, -0.15) is 0 Å². The van der Waals surface area contributed by atoms with Crippen molar-refractivity contribution in [3.63, 3.8) is 0 Å². The summed E-state index contributed by atoms with van der Waals surface area (Å²) in [6.45, 7) is 9.98. The summed E-state index contributed by atoms with van der Waals surface area (Å²) in [6.07, 6.45) is 9.08. The molecule has 0 aromatic heterocycles. The zero-order chi connectivity index (χ0) is 29.5. The van der Waals surface area contributed by atoms with Crippen LogP contribution < -0.4 is 15.0 Å². The van der Waals surface area contributed by atoms with E-state index in [0.29, 0.717) is 24.0 Å². The van der Waals surface area contributed by atoms with Crippen LogP contribution in [0, 0.1) is 11.8 Å². The van der Waals surface area contributed by atoms with Gasteiger partial charge >= 0.3 is 5.97 Å². The monoisotopic (exact) mass is 592 g/mol. The van der Waals surface area contributed by atoms with Crippen LogP contribution >= 0.6 is 11.6 Å². The SMILES string of the molecule is CO[C@@H](C1=CCNCC1)[C@@H]1CC[C@H]1CN1C[C@@]2(CCCc3cc(Cl)ccc32)COc2ccc(C(=O)OC(C)(C)C)cc21. The van der Waals surface area contributed by atoms with Crippen LogP contribution in [0.25, 0.3) is 0 Å². The highest BCUT2D eigenvalue weighted by molar-refractivity contribution is 6.30. The van der Waals surface area contributed by atoms with E-state index in [0.717, 1.165) is 68.3 Å². The summed E-state index contributed by atoms with van der Waals surface area (Å²) in [5.41, 5.74) is 4.95. The molecule has 1 fully saturated rings. The molecule has 2 aliphatic heterocycles. The Morgan fingerprint density at radius 2 is 2.05 bits per heavy atom. The van der Waals surface area contributed by atoms with Gasteiger partial charge in [-0.05, 0) is 125 Å². The number of ether oxygens (including phenoxy) is 3. The predicted molar refractivity (Wildman–Crippen MR) is 168 cm³/mol. The first-order chi connectivity index (χ1) is 20.2. The Morgan fingerprint density at radius 1 is 1.19 bits per heavy atom. The average molecular weight is 593 g/mol. The van der Waals surface area contributed by atoms with Crippen LogP contribution in [0.1, 0.15) is 74.4 Å². The molecule has 2 aliphatic carbocycles. The molecule has 0 unspecified atom stereocenters. The standard InChI is InChI=1S/C35H45ClN2O4/c1-34(2,3)42-33(39)25-8-12-31-30(19-25)38(20-26-7-10-28(26)32(40-4)23-13-16-37-17-14-23)21-35(22-41-31)15-5-6-24-18-27(36)9-11-29(24)35/h8-9,11-13,18-19,26,28,32,37H,5-7,10,14-17,20-22H2,1-4H3/t26-,28+,32-,35-/m0/s1. The lowest BCUT2D eigenvalue weighted by atomic mass is 9.67. The second kappa shape index (κ2) is 11.9. The number of aryl methyl sites for hydroxylation is 1. The van der Waals surface area contributed by atoms with Gasteiger partial charge in [0.25, 0.3) is 0 Å². The zero-order valence-corrected chi connectivity index (χ0v) is 26.3. The Labute approximate surface area is 255 Å². The molecule has 4 aliphatic rings. The maximum Gasteiger partial charge on any atom is 0.338 e. The molecule has 1 saturated carbocycles. The maximum atomic E-state index is 13.2. The number of nitrogens with zero attached hydrogens (tertiary/aromatic N) is 1. The minimum atomic E-state index is -0.561. The van der Waals surface area contributed by atoms with Crippen molar-refractivity contribution in [1.82, 2.24) is 5.32 Å². The van der Waals surface area contributed by atoms with Gasteiger partial charge < -0.3 is 24.4 Å². The normalized spacial score (nSPS) is 26.2. The van der Waals surface area contributed by atoms with E-state index in [2.05, 4.69) is 28.4 Å². The molecule has 0 amide bonds. The van der Waals surface area contributed by atoms with E-state index in [-0.39, 0.29) is 17.5 Å². The molecule has 4 atom stereocenters. The van der Waals surface area contributed by atoms with Crippen LogP contribution in [-0.4, -0.2) is 57.6 Å². The van der Waals surface area contributed by atoms with Crippen molar-refractivity contribution in [2.75, 3.05) is 44.8 Å². The Kier molecular flexibility index (Phi) is 8.34. The number of hydrogen-bond acceptors (Lipinski definition) is 6. The van der Waals surface area contributed by atoms with Gasteiger partial charge in [0, 0.05) is 37.2 Å². The van der Waals surface area contributed by atoms with Crippen LogP contribution in [0.4, 0.5) is 5.69 Å². The predicted octanol–water partition coefficient (Wildman–Crippen LogP) is 6.73. The third-order valence-corrected chi connectivity index (χ3v) is 9.95. The Morgan fingerprint density at radius 3 is 2.76 bits per heavy atom. The molecule has 7 heteroatoms. The van der Waals surface area contributed by atoms with Crippen LogP contribution in [-0.2, 0) is 21.3 Å². The Balaban J connectivity index is 1.35. The molecule has 42 heavy (non-hydrogen) atoms. The molecule has 0 bridgehead atoms. The fourth-order valence-corrected chi connectivity index (χ4v) is 7.78. The van der Waals surface area contributed by atoms with Crippen molar-refractivity contribution in [3.05, 3.63) is 69.8 Å². The number of nitrogens with one attached hydrogen (secondary N) is 1. The number of anilines is 1. The molecule has 2 aromatic carbocycles. The first-order valence-corrected chi connectivity index (χ1v) is 16.0. The number of carbonyl (C=O) groups excluding carboxylic acids is 1. The van der Waals surface area contributed by atoms with Crippen LogP contribution in [0.5, 0.6) is 5.75 Å². The van der Waals surface area contributed by atoms with E-state index in [1.54, 1.807) is 0 Å². The van der Waals surface area contributed by atoms with Crippen molar-refractivity contribution < 1.29 is 19.0 Å². The van der Waals surface area contributed by atoms with Crippen LogP contribution in [0.2, 0.25) is 5.02 Å². The summed E-state index contributed by atoms with van der Waals surface area (Å²) >= 11 is 6.44. The van der Waals surface area contributed by atoms with Crippen molar-refractivity contribution in [1.29, 1.82) is 0 Å². The molecule has 6 rings (SSSR count). The van der Waals surface area contributed by atoms with Gasteiger partial charge in [0.05, 0.1) is 24.0 Å².